The quantitative estimate of drug-likeness (QED) is 0.287. The summed E-state index contributed by atoms with van der Waals surface area (Å²) in [7, 11) is -3.93. The predicted molar refractivity (Wildman–Crippen MR) is 156 cm³/mol. The molecule has 0 spiro atoms. The van der Waals surface area contributed by atoms with Crippen LogP contribution in [0.2, 0.25) is 0 Å². The van der Waals surface area contributed by atoms with E-state index in [-0.39, 0.29) is 23.6 Å². The van der Waals surface area contributed by atoms with Gasteiger partial charge in [-0.15, -0.1) is 0 Å². The number of primary sulfonamides is 1. The third-order valence-corrected chi connectivity index (χ3v) is 8.48. The number of hydrogen-bond donors (Lipinski definition) is 4. The van der Waals surface area contributed by atoms with Gasteiger partial charge in [-0.3, -0.25) is 14.4 Å². The third-order valence-electron chi connectivity index (χ3n) is 7.57. The highest BCUT2D eigenvalue weighted by Crippen LogP contribution is 2.32. The van der Waals surface area contributed by atoms with Crippen molar-refractivity contribution in [2.45, 2.75) is 49.3 Å². The number of allylic oxidation sites excluding steroid dienone is 1. The standard InChI is InChI=1S/C30H32FN5O6S/c1-17(24-9-8-23(43(32,41)42)13-19(24)5-4-18-2-3-18)34-30(40)27-14-22(37)16-36(27)28(38)15-33-29(39)26-10-6-20-12-21(31)7-11-25(20)35-26/h4-13,17-18,22,27,37H,2-3,14-16H2,1H3,(H,33,39)(H,34,40)(H2,32,41,42)/b5-4+/t17-,22-,27+/m1/s1. The molecule has 0 unspecified atom stereocenters. The summed E-state index contributed by atoms with van der Waals surface area (Å²) in [5.41, 5.74) is 1.71. The summed E-state index contributed by atoms with van der Waals surface area (Å²) in [6.07, 6.45) is 5.02. The van der Waals surface area contributed by atoms with Gasteiger partial charge >= 0.3 is 0 Å². The van der Waals surface area contributed by atoms with Crippen LogP contribution in [0.25, 0.3) is 17.0 Å². The summed E-state index contributed by atoms with van der Waals surface area (Å²) in [4.78, 5) is 44.5. The maximum atomic E-state index is 13.4. The lowest BCUT2D eigenvalue weighted by Crippen LogP contribution is -2.49. The fourth-order valence-corrected chi connectivity index (χ4v) is 5.64. The van der Waals surface area contributed by atoms with Crippen LogP contribution < -0.4 is 15.8 Å². The van der Waals surface area contributed by atoms with Crippen LogP contribution in [0.4, 0.5) is 4.39 Å². The molecule has 1 saturated carbocycles. The second kappa shape index (κ2) is 12.2. The molecule has 3 aromatic rings. The number of amides is 3. The zero-order valence-electron chi connectivity index (χ0n) is 23.4. The van der Waals surface area contributed by atoms with E-state index < -0.39 is 58.3 Å². The van der Waals surface area contributed by atoms with Gasteiger partial charge in [-0.2, -0.15) is 0 Å². The summed E-state index contributed by atoms with van der Waals surface area (Å²) < 4.78 is 37.3. The molecule has 5 N–H and O–H groups in total. The van der Waals surface area contributed by atoms with Gasteiger partial charge < -0.3 is 20.6 Å². The van der Waals surface area contributed by atoms with Gasteiger partial charge in [0.1, 0.15) is 17.6 Å². The maximum absolute atomic E-state index is 13.4. The monoisotopic (exact) mass is 609 g/mol. The number of fused-ring (bicyclic) bond motifs is 1. The van der Waals surface area contributed by atoms with Crippen molar-refractivity contribution in [1.82, 2.24) is 20.5 Å². The van der Waals surface area contributed by atoms with Crippen molar-refractivity contribution in [3.63, 3.8) is 0 Å². The van der Waals surface area contributed by atoms with E-state index in [0.717, 1.165) is 12.8 Å². The number of β-amino-alcohol motifs (C(OH)–C–C–N with tert-alkyl or cyclic N) is 1. The normalized spacial score (nSPS) is 19.5. The Morgan fingerprint density at radius 2 is 1.93 bits per heavy atom. The number of aliphatic hydroxyl groups excluding tert-OH is 1. The number of benzene rings is 2. The lowest BCUT2D eigenvalue weighted by atomic mass is 10.00. The number of sulfonamides is 1. The minimum atomic E-state index is -3.93. The Balaban J connectivity index is 1.25. The van der Waals surface area contributed by atoms with E-state index in [0.29, 0.717) is 27.9 Å². The zero-order valence-corrected chi connectivity index (χ0v) is 24.2. The first kappa shape index (κ1) is 30.3. The topological polar surface area (TPSA) is 172 Å². The van der Waals surface area contributed by atoms with Gasteiger partial charge in [0.05, 0.1) is 29.1 Å². The van der Waals surface area contributed by atoms with Crippen molar-refractivity contribution >= 4 is 44.7 Å². The smallest absolute Gasteiger partial charge is 0.270 e. The molecule has 1 aliphatic carbocycles. The molecule has 2 heterocycles. The second-order valence-electron chi connectivity index (χ2n) is 10.9. The number of carbonyl (C=O) groups excluding carboxylic acids is 3. The number of hydrogen-bond acceptors (Lipinski definition) is 7. The maximum Gasteiger partial charge on any atom is 0.270 e. The summed E-state index contributed by atoms with van der Waals surface area (Å²) in [5, 5.41) is 21.5. The Hall–Kier alpha value is -4.20. The largest absolute Gasteiger partial charge is 0.391 e. The van der Waals surface area contributed by atoms with Crippen molar-refractivity contribution in [3.8, 4) is 0 Å². The molecule has 1 aromatic heterocycles. The van der Waals surface area contributed by atoms with E-state index in [1.165, 1.54) is 41.3 Å². The Morgan fingerprint density at radius 1 is 1.16 bits per heavy atom. The molecular formula is C30H32FN5O6S. The Kier molecular flexibility index (Phi) is 8.58. The van der Waals surface area contributed by atoms with Crippen molar-refractivity contribution in [2.24, 2.45) is 11.1 Å². The highest BCUT2D eigenvalue weighted by Gasteiger charge is 2.39. The van der Waals surface area contributed by atoms with Crippen molar-refractivity contribution < 1.29 is 32.3 Å². The number of nitrogens with two attached hydrogens (primary N) is 1. The zero-order chi connectivity index (χ0) is 30.9. The minimum absolute atomic E-state index is 0.0137. The SMILES string of the molecule is C[C@@H](NC(=O)[C@@H]1C[C@@H](O)CN1C(=O)CNC(=O)c1ccc2cc(F)ccc2n1)c1ccc(S(N)(=O)=O)cc1/C=C/C1CC1. The van der Waals surface area contributed by atoms with Gasteiger partial charge in [-0.25, -0.2) is 22.9 Å². The number of rotatable bonds is 9. The van der Waals surface area contributed by atoms with Crippen LogP contribution in [-0.2, 0) is 19.6 Å². The number of pyridine rings is 1. The van der Waals surface area contributed by atoms with Crippen LogP contribution in [0.5, 0.6) is 0 Å². The van der Waals surface area contributed by atoms with E-state index in [9.17, 15) is 32.3 Å². The van der Waals surface area contributed by atoms with Gasteiger partial charge in [0.25, 0.3) is 5.91 Å². The molecule has 226 valence electrons. The fraction of sp³-hybridized carbons (Fsp3) is 0.333. The Labute approximate surface area is 248 Å². The van der Waals surface area contributed by atoms with Crippen LogP contribution in [0, 0.1) is 11.7 Å². The van der Waals surface area contributed by atoms with Crippen LogP contribution in [0.1, 0.15) is 53.8 Å². The molecule has 2 fully saturated rings. The lowest BCUT2D eigenvalue weighted by molar-refractivity contribution is -0.138. The summed E-state index contributed by atoms with van der Waals surface area (Å²) >= 11 is 0. The molecule has 5 rings (SSSR count). The average molecular weight is 610 g/mol. The van der Waals surface area contributed by atoms with Gasteiger partial charge in [0.2, 0.25) is 21.8 Å². The van der Waals surface area contributed by atoms with Gasteiger partial charge in [0, 0.05) is 18.4 Å². The Morgan fingerprint density at radius 3 is 2.65 bits per heavy atom. The van der Waals surface area contributed by atoms with E-state index in [2.05, 4.69) is 15.6 Å². The third kappa shape index (κ3) is 7.24. The molecule has 3 atom stereocenters. The van der Waals surface area contributed by atoms with Crippen LogP contribution >= 0.6 is 0 Å². The number of nitrogens with one attached hydrogen (secondary N) is 2. The molecule has 3 amide bonds. The van der Waals surface area contributed by atoms with E-state index in [1.807, 2.05) is 12.2 Å². The van der Waals surface area contributed by atoms with Gasteiger partial charge in [-0.05, 0) is 73.2 Å². The summed E-state index contributed by atoms with van der Waals surface area (Å²) in [6, 6.07) is 9.83. The molecule has 11 nitrogen and oxygen atoms in total. The molecule has 0 radical (unpaired) electrons. The number of likely N-dealkylation sites (tertiary alicyclic amines) is 1. The number of aromatic nitrogens is 1. The predicted octanol–water partition coefficient (Wildman–Crippen LogP) is 2.01. The molecule has 1 aliphatic heterocycles. The highest BCUT2D eigenvalue weighted by atomic mass is 32.2. The highest BCUT2D eigenvalue weighted by molar-refractivity contribution is 7.89. The molecule has 2 aliphatic rings. The second-order valence-corrected chi connectivity index (χ2v) is 12.5. The first-order chi connectivity index (χ1) is 20.4. The van der Waals surface area contributed by atoms with Crippen molar-refractivity contribution in [3.05, 3.63) is 77.2 Å². The van der Waals surface area contributed by atoms with Crippen LogP contribution in [-0.4, -0.2) is 66.4 Å². The molecule has 43 heavy (non-hydrogen) atoms. The molecule has 13 heteroatoms. The first-order valence-electron chi connectivity index (χ1n) is 13.9. The summed E-state index contributed by atoms with van der Waals surface area (Å²) in [5.74, 6) is -1.68. The average Bonchev–Trinajstić information content (AvgIpc) is 3.72. The van der Waals surface area contributed by atoms with E-state index >= 15 is 0 Å². The van der Waals surface area contributed by atoms with Gasteiger partial charge in [0.15, 0.2) is 0 Å². The molecule has 0 bridgehead atoms. The first-order valence-corrected chi connectivity index (χ1v) is 15.4. The van der Waals surface area contributed by atoms with Crippen molar-refractivity contribution in [1.29, 1.82) is 0 Å². The summed E-state index contributed by atoms with van der Waals surface area (Å²) in [6.45, 7) is 1.22. The number of carbonyl (C=O) groups is 3. The lowest BCUT2D eigenvalue weighted by Gasteiger charge is -2.26. The van der Waals surface area contributed by atoms with Gasteiger partial charge in [-0.1, -0.05) is 24.3 Å². The molecule has 2 aromatic carbocycles. The van der Waals surface area contributed by atoms with Crippen LogP contribution in [0.3, 0.4) is 0 Å². The number of halogens is 1. The molecule has 1 saturated heterocycles. The fourth-order valence-electron chi connectivity index (χ4n) is 5.09. The number of aliphatic hydroxyl groups is 1. The number of nitrogens with zero attached hydrogens (tertiary/aromatic N) is 2. The van der Waals surface area contributed by atoms with E-state index in [1.54, 1.807) is 19.1 Å². The van der Waals surface area contributed by atoms with E-state index in [4.69, 9.17) is 5.14 Å². The van der Waals surface area contributed by atoms with Crippen molar-refractivity contribution in [2.75, 3.05) is 13.1 Å². The Bertz CT molecular complexity index is 1730. The molecular weight excluding hydrogens is 577 g/mol. The van der Waals surface area contributed by atoms with Crippen LogP contribution in [0.15, 0.2) is 59.5 Å². The minimum Gasteiger partial charge on any atom is -0.391 e.